The monoisotopic (exact) mass is 483 g/mol. The number of benzene rings is 2. The molecular formula is C28H26FN5O2. The van der Waals surface area contributed by atoms with Gasteiger partial charge in [-0.05, 0) is 73.9 Å². The van der Waals surface area contributed by atoms with Crippen LogP contribution in [0.15, 0.2) is 73.1 Å². The van der Waals surface area contributed by atoms with Gasteiger partial charge in [-0.25, -0.2) is 4.39 Å². The Kier molecular flexibility index (Phi) is 7.71. The van der Waals surface area contributed by atoms with Crippen molar-refractivity contribution in [3.05, 3.63) is 90.1 Å². The molecule has 2 aromatic carbocycles. The van der Waals surface area contributed by atoms with Crippen LogP contribution >= 0.6 is 0 Å². The summed E-state index contributed by atoms with van der Waals surface area (Å²) in [5, 5.41) is 26.5. The molecule has 1 atom stereocenters. The van der Waals surface area contributed by atoms with E-state index in [0.29, 0.717) is 31.5 Å². The molecule has 0 aliphatic heterocycles. The summed E-state index contributed by atoms with van der Waals surface area (Å²) < 4.78 is 15.3. The number of halogens is 1. The lowest BCUT2D eigenvalue weighted by molar-refractivity contribution is 0.0950. The summed E-state index contributed by atoms with van der Waals surface area (Å²) in [4.78, 5) is 16.7. The van der Waals surface area contributed by atoms with Crippen LogP contribution in [0.5, 0.6) is 5.75 Å². The molecule has 36 heavy (non-hydrogen) atoms. The Morgan fingerprint density at radius 1 is 1.17 bits per heavy atom. The van der Waals surface area contributed by atoms with E-state index in [9.17, 15) is 14.3 Å². The third-order valence-electron chi connectivity index (χ3n) is 5.86. The zero-order valence-electron chi connectivity index (χ0n) is 19.9. The standard InChI is InChI=1S/C28H26FN5O2/c1-19(12-14-30)34-18-25(27(33-34)20-8-10-22(29)11-9-20)21-13-16-31-23(17-21)5-4-15-32-28(36)24-6-2-3-7-26(24)35/h2-3,6-11,13,16-19,35H,4-5,12,15H2,1H3,(H,32,36). The number of carbonyl (C=O) groups excluding carboxylic acids is 1. The summed E-state index contributed by atoms with van der Waals surface area (Å²) in [6.45, 7) is 2.36. The molecule has 7 nitrogen and oxygen atoms in total. The highest BCUT2D eigenvalue weighted by molar-refractivity contribution is 5.96. The van der Waals surface area contributed by atoms with E-state index in [2.05, 4.69) is 16.4 Å². The van der Waals surface area contributed by atoms with Crippen molar-refractivity contribution in [2.45, 2.75) is 32.2 Å². The number of phenolic OH excluding ortho intramolecular Hbond substituents is 1. The van der Waals surface area contributed by atoms with Gasteiger partial charge in [0.1, 0.15) is 17.3 Å². The number of aromatic hydroxyl groups is 1. The molecule has 2 aromatic heterocycles. The Bertz CT molecular complexity index is 1390. The first-order valence-electron chi connectivity index (χ1n) is 11.7. The van der Waals surface area contributed by atoms with Crippen molar-refractivity contribution in [3.8, 4) is 34.2 Å². The maximum Gasteiger partial charge on any atom is 0.255 e. The van der Waals surface area contributed by atoms with Gasteiger partial charge in [-0.1, -0.05) is 12.1 Å². The van der Waals surface area contributed by atoms with Gasteiger partial charge in [0, 0.05) is 35.8 Å². The third-order valence-corrected chi connectivity index (χ3v) is 5.86. The number of rotatable bonds is 9. The second kappa shape index (κ2) is 11.3. The summed E-state index contributed by atoms with van der Waals surface area (Å²) in [6, 6.07) is 18.5. The number of hydrogen-bond acceptors (Lipinski definition) is 5. The maximum atomic E-state index is 13.5. The van der Waals surface area contributed by atoms with E-state index in [1.165, 1.54) is 18.2 Å². The average Bonchev–Trinajstić information content (AvgIpc) is 3.33. The summed E-state index contributed by atoms with van der Waals surface area (Å²) in [5.41, 5.74) is 4.35. The van der Waals surface area contributed by atoms with E-state index in [1.54, 1.807) is 41.2 Å². The highest BCUT2D eigenvalue weighted by Crippen LogP contribution is 2.33. The number of pyridine rings is 1. The second-order valence-electron chi connectivity index (χ2n) is 8.50. The molecule has 0 spiro atoms. The number of nitrogens with zero attached hydrogens (tertiary/aromatic N) is 4. The number of carbonyl (C=O) groups is 1. The van der Waals surface area contributed by atoms with Gasteiger partial charge < -0.3 is 10.4 Å². The van der Waals surface area contributed by atoms with Crippen molar-refractivity contribution in [3.63, 3.8) is 0 Å². The largest absolute Gasteiger partial charge is 0.507 e. The van der Waals surface area contributed by atoms with E-state index in [1.807, 2.05) is 25.3 Å². The van der Waals surface area contributed by atoms with Crippen LogP contribution in [0.2, 0.25) is 0 Å². The van der Waals surface area contributed by atoms with Crippen molar-refractivity contribution in [2.24, 2.45) is 0 Å². The Labute approximate surface area is 208 Å². The van der Waals surface area contributed by atoms with Crippen LogP contribution in [0, 0.1) is 17.1 Å². The van der Waals surface area contributed by atoms with Crippen LogP contribution in [0.1, 0.15) is 41.9 Å². The van der Waals surface area contributed by atoms with Gasteiger partial charge in [-0.3, -0.25) is 14.5 Å². The minimum atomic E-state index is -0.322. The van der Waals surface area contributed by atoms with E-state index in [-0.39, 0.29) is 29.1 Å². The summed E-state index contributed by atoms with van der Waals surface area (Å²) in [5.74, 6) is -0.693. The topological polar surface area (TPSA) is 104 Å². The fourth-order valence-electron chi connectivity index (χ4n) is 3.89. The van der Waals surface area contributed by atoms with Crippen LogP contribution in [-0.2, 0) is 6.42 Å². The summed E-state index contributed by atoms with van der Waals surface area (Å²) in [6.07, 6.45) is 5.26. The molecule has 2 N–H and O–H groups in total. The van der Waals surface area contributed by atoms with Crippen LogP contribution in [0.3, 0.4) is 0 Å². The number of aryl methyl sites for hydroxylation is 1. The molecule has 1 amide bonds. The van der Waals surface area contributed by atoms with E-state index < -0.39 is 0 Å². The van der Waals surface area contributed by atoms with Gasteiger partial charge in [-0.2, -0.15) is 10.4 Å². The van der Waals surface area contributed by atoms with Crippen LogP contribution in [0.4, 0.5) is 4.39 Å². The number of nitriles is 1. The second-order valence-corrected chi connectivity index (χ2v) is 8.50. The predicted octanol–water partition coefficient (Wildman–Crippen LogP) is 5.29. The van der Waals surface area contributed by atoms with E-state index >= 15 is 0 Å². The molecule has 4 aromatic rings. The molecule has 4 rings (SSSR count). The SMILES string of the molecule is CC(CC#N)n1cc(-c2ccnc(CCCNC(=O)c3ccccc3O)c2)c(-c2ccc(F)cc2)n1. The number of nitrogens with one attached hydrogen (secondary N) is 1. The van der Waals surface area contributed by atoms with Crippen LogP contribution in [0.25, 0.3) is 22.4 Å². The van der Waals surface area contributed by atoms with Crippen LogP contribution in [-0.4, -0.2) is 32.3 Å². The Balaban J connectivity index is 1.50. The van der Waals surface area contributed by atoms with Crippen molar-refractivity contribution in [1.82, 2.24) is 20.1 Å². The molecule has 0 aliphatic rings. The lowest BCUT2D eigenvalue weighted by Gasteiger charge is -2.08. The van der Waals surface area contributed by atoms with Gasteiger partial charge in [-0.15, -0.1) is 0 Å². The highest BCUT2D eigenvalue weighted by Gasteiger charge is 2.17. The first-order valence-corrected chi connectivity index (χ1v) is 11.7. The molecule has 0 fully saturated rings. The van der Waals surface area contributed by atoms with Gasteiger partial charge in [0.05, 0.1) is 24.1 Å². The van der Waals surface area contributed by atoms with Gasteiger partial charge in [0.25, 0.3) is 5.91 Å². The Morgan fingerprint density at radius 2 is 1.94 bits per heavy atom. The van der Waals surface area contributed by atoms with Gasteiger partial charge in [0.15, 0.2) is 0 Å². The highest BCUT2D eigenvalue weighted by atomic mass is 19.1. The van der Waals surface area contributed by atoms with E-state index in [0.717, 1.165) is 22.4 Å². The Morgan fingerprint density at radius 3 is 2.69 bits per heavy atom. The smallest absolute Gasteiger partial charge is 0.255 e. The van der Waals surface area contributed by atoms with Crippen molar-refractivity contribution in [2.75, 3.05) is 6.54 Å². The Hall–Kier alpha value is -4.51. The molecule has 2 heterocycles. The molecule has 8 heteroatoms. The maximum absolute atomic E-state index is 13.5. The minimum absolute atomic E-state index is 0.0500. The molecule has 0 saturated carbocycles. The molecule has 0 aliphatic carbocycles. The number of amides is 1. The number of phenols is 1. The van der Waals surface area contributed by atoms with Gasteiger partial charge in [0.2, 0.25) is 0 Å². The van der Waals surface area contributed by atoms with E-state index in [4.69, 9.17) is 10.4 Å². The zero-order valence-corrected chi connectivity index (χ0v) is 19.9. The summed E-state index contributed by atoms with van der Waals surface area (Å²) in [7, 11) is 0. The van der Waals surface area contributed by atoms with Crippen molar-refractivity contribution in [1.29, 1.82) is 5.26 Å². The predicted molar refractivity (Wildman–Crippen MR) is 135 cm³/mol. The lowest BCUT2D eigenvalue weighted by atomic mass is 10.0. The van der Waals surface area contributed by atoms with Crippen LogP contribution < -0.4 is 5.32 Å². The number of para-hydroxylation sites is 1. The van der Waals surface area contributed by atoms with Crippen molar-refractivity contribution >= 4 is 5.91 Å². The molecule has 0 radical (unpaired) electrons. The third kappa shape index (κ3) is 5.76. The molecular weight excluding hydrogens is 457 g/mol. The fourth-order valence-corrected chi connectivity index (χ4v) is 3.89. The molecule has 1 unspecified atom stereocenters. The first-order chi connectivity index (χ1) is 17.5. The minimum Gasteiger partial charge on any atom is -0.507 e. The average molecular weight is 484 g/mol. The van der Waals surface area contributed by atoms with Gasteiger partial charge >= 0.3 is 0 Å². The lowest BCUT2D eigenvalue weighted by Crippen LogP contribution is -2.24. The number of aromatic nitrogens is 3. The molecule has 182 valence electrons. The van der Waals surface area contributed by atoms with Crippen molar-refractivity contribution < 1.29 is 14.3 Å². The quantitative estimate of drug-likeness (QED) is 0.315. The zero-order chi connectivity index (χ0) is 25.5. The fraction of sp³-hybridized carbons (Fsp3) is 0.214. The normalized spacial score (nSPS) is 11.6. The number of hydrogen-bond donors (Lipinski definition) is 2. The summed E-state index contributed by atoms with van der Waals surface area (Å²) >= 11 is 0. The molecule has 0 saturated heterocycles. The molecule has 0 bridgehead atoms. The first kappa shape index (κ1) is 24.6.